The molecule has 0 heterocycles. The van der Waals surface area contributed by atoms with Crippen molar-refractivity contribution in [1.29, 1.82) is 0 Å². The van der Waals surface area contributed by atoms with Gasteiger partial charge in [0, 0.05) is 19.8 Å². The third-order valence-corrected chi connectivity index (χ3v) is 2.44. The van der Waals surface area contributed by atoms with Crippen molar-refractivity contribution in [2.75, 3.05) is 19.8 Å². The first-order valence-electron chi connectivity index (χ1n) is 6.03. The fourth-order valence-electron chi connectivity index (χ4n) is 1.69. The van der Waals surface area contributed by atoms with Crippen LogP contribution in [0.4, 0.5) is 0 Å². The van der Waals surface area contributed by atoms with E-state index in [-0.39, 0.29) is 6.61 Å². The van der Waals surface area contributed by atoms with Gasteiger partial charge in [-0.1, -0.05) is 26.7 Å². The van der Waals surface area contributed by atoms with Crippen molar-refractivity contribution in [3.05, 3.63) is 0 Å². The minimum absolute atomic E-state index is 0.288. The maximum absolute atomic E-state index is 8.59. The molecule has 0 unspecified atom stereocenters. The van der Waals surface area contributed by atoms with Gasteiger partial charge in [0.15, 0.2) is 0 Å². The number of hydrogen-bond donors (Lipinski definition) is 1. The molecule has 86 valence electrons. The highest BCUT2D eigenvalue weighted by molar-refractivity contribution is 4.56. The molecule has 0 saturated carbocycles. The molecule has 0 radical (unpaired) electrons. The third kappa shape index (κ3) is 8.52. The fourth-order valence-corrected chi connectivity index (χ4v) is 1.69. The standard InChI is InChI=1S/C12H26O2/c1-3-7-12(8-4-2)11-14-10-6-5-9-13/h12-13H,3-11H2,1-2H3. The fraction of sp³-hybridized carbons (Fsp3) is 1.00. The molecular formula is C12H26O2. The highest BCUT2D eigenvalue weighted by Crippen LogP contribution is 2.13. The van der Waals surface area contributed by atoms with Gasteiger partial charge in [0.25, 0.3) is 0 Å². The van der Waals surface area contributed by atoms with Gasteiger partial charge in [0.05, 0.1) is 0 Å². The lowest BCUT2D eigenvalue weighted by atomic mass is 9.99. The Hall–Kier alpha value is -0.0800. The van der Waals surface area contributed by atoms with E-state index < -0.39 is 0 Å². The molecular weight excluding hydrogens is 176 g/mol. The summed E-state index contributed by atoms with van der Waals surface area (Å²) in [7, 11) is 0. The van der Waals surface area contributed by atoms with Crippen LogP contribution < -0.4 is 0 Å². The Morgan fingerprint density at radius 3 is 2.21 bits per heavy atom. The highest BCUT2D eigenvalue weighted by Gasteiger charge is 2.06. The topological polar surface area (TPSA) is 29.5 Å². The summed E-state index contributed by atoms with van der Waals surface area (Å²) in [6.45, 7) is 6.47. The van der Waals surface area contributed by atoms with Gasteiger partial charge in [-0.2, -0.15) is 0 Å². The molecule has 0 aliphatic heterocycles. The van der Waals surface area contributed by atoms with E-state index in [1.165, 1.54) is 25.7 Å². The van der Waals surface area contributed by atoms with Crippen LogP contribution in [-0.2, 0) is 4.74 Å². The number of hydrogen-bond acceptors (Lipinski definition) is 2. The van der Waals surface area contributed by atoms with E-state index in [4.69, 9.17) is 9.84 Å². The van der Waals surface area contributed by atoms with E-state index in [1.807, 2.05) is 0 Å². The zero-order chi connectivity index (χ0) is 10.6. The smallest absolute Gasteiger partial charge is 0.0494 e. The van der Waals surface area contributed by atoms with E-state index in [0.717, 1.165) is 32.0 Å². The molecule has 0 fully saturated rings. The van der Waals surface area contributed by atoms with Crippen LogP contribution in [0.15, 0.2) is 0 Å². The van der Waals surface area contributed by atoms with Crippen molar-refractivity contribution in [1.82, 2.24) is 0 Å². The normalized spacial score (nSPS) is 11.1. The Labute approximate surface area is 88.7 Å². The predicted octanol–water partition coefficient (Wildman–Crippen LogP) is 2.99. The summed E-state index contributed by atoms with van der Waals surface area (Å²) >= 11 is 0. The first-order chi connectivity index (χ1) is 6.85. The van der Waals surface area contributed by atoms with E-state index in [1.54, 1.807) is 0 Å². The summed E-state index contributed by atoms with van der Waals surface area (Å²) in [5, 5.41) is 8.59. The van der Waals surface area contributed by atoms with E-state index >= 15 is 0 Å². The van der Waals surface area contributed by atoms with Crippen molar-refractivity contribution in [3.8, 4) is 0 Å². The van der Waals surface area contributed by atoms with Crippen LogP contribution in [0.25, 0.3) is 0 Å². The molecule has 0 aromatic carbocycles. The van der Waals surface area contributed by atoms with E-state index in [2.05, 4.69) is 13.8 Å². The molecule has 14 heavy (non-hydrogen) atoms. The van der Waals surface area contributed by atoms with Crippen LogP contribution in [-0.4, -0.2) is 24.9 Å². The molecule has 2 nitrogen and oxygen atoms in total. The highest BCUT2D eigenvalue weighted by atomic mass is 16.5. The molecule has 0 atom stereocenters. The second-order valence-electron chi connectivity index (χ2n) is 3.95. The van der Waals surface area contributed by atoms with Gasteiger partial charge < -0.3 is 9.84 Å². The molecule has 1 N–H and O–H groups in total. The molecule has 0 spiro atoms. The van der Waals surface area contributed by atoms with Crippen LogP contribution in [0.2, 0.25) is 0 Å². The van der Waals surface area contributed by atoms with Gasteiger partial charge in [-0.05, 0) is 31.6 Å². The number of aliphatic hydroxyl groups excluding tert-OH is 1. The van der Waals surface area contributed by atoms with Crippen LogP contribution in [0, 0.1) is 5.92 Å². The largest absolute Gasteiger partial charge is 0.396 e. The minimum Gasteiger partial charge on any atom is -0.396 e. The van der Waals surface area contributed by atoms with Gasteiger partial charge in [-0.15, -0.1) is 0 Å². The van der Waals surface area contributed by atoms with Gasteiger partial charge in [0.2, 0.25) is 0 Å². The minimum atomic E-state index is 0.288. The van der Waals surface area contributed by atoms with Crippen molar-refractivity contribution < 1.29 is 9.84 Å². The molecule has 0 rings (SSSR count). The number of unbranched alkanes of at least 4 members (excludes halogenated alkanes) is 1. The monoisotopic (exact) mass is 202 g/mol. The molecule has 0 aromatic heterocycles. The van der Waals surface area contributed by atoms with Crippen molar-refractivity contribution in [2.45, 2.75) is 52.4 Å². The number of rotatable bonds is 10. The zero-order valence-electron chi connectivity index (χ0n) is 9.80. The van der Waals surface area contributed by atoms with Crippen LogP contribution in [0.5, 0.6) is 0 Å². The van der Waals surface area contributed by atoms with Gasteiger partial charge >= 0.3 is 0 Å². The van der Waals surface area contributed by atoms with Crippen molar-refractivity contribution in [2.24, 2.45) is 5.92 Å². The Bertz CT molecular complexity index is 98.5. The molecule has 0 aliphatic carbocycles. The second-order valence-corrected chi connectivity index (χ2v) is 3.95. The molecule has 0 aliphatic rings. The SMILES string of the molecule is CCCC(CCC)COCCCCO. The third-order valence-electron chi connectivity index (χ3n) is 2.44. The van der Waals surface area contributed by atoms with Crippen LogP contribution in [0.3, 0.4) is 0 Å². The van der Waals surface area contributed by atoms with E-state index in [9.17, 15) is 0 Å². The van der Waals surface area contributed by atoms with Crippen molar-refractivity contribution in [3.63, 3.8) is 0 Å². The summed E-state index contributed by atoms with van der Waals surface area (Å²) in [5.74, 6) is 0.749. The van der Waals surface area contributed by atoms with Gasteiger partial charge in [0.1, 0.15) is 0 Å². The lowest BCUT2D eigenvalue weighted by Crippen LogP contribution is -2.10. The summed E-state index contributed by atoms with van der Waals surface area (Å²) in [6, 6.07) is 0. The molecule has 0 bridgehead atoms. The molecule has 0 saturated heterocycles. The predicted molar refractivity (Wildman–Crippen MR) is 60.4 cm³/mol. The number of ether oxygens (including phenoxy) is 1. The summed E-state index contributed by atoms with van der Waals surface area (Å²) < 4.78 is 5.59. The lowest BCUT2D eigenvalue weighted by molar-refractivity contribution is 0.0867. The molecule has 0 amide bonds. The Balaban J connectivity index is 3.30. The maximum Gasteiger partial charge on any atom is 0.0494 e. The van der Waals surface area contributed by atoms with Gasteiger partial charge in [-0.3, -0.25) is 0 Å². The Morgan fingerprint density at radius 1 is 1.07 bits per heavy atom. The summed E-state index contributed by atoms with van der Waals surface area (Å²) in [6.07, 6.45) is 6.94. The Morgan fingerprint density at radius 2 is 1.71 bits per heavy atom. The molecule has 0 aromatic rings. The average molecular weight is 202 g/mol. The quantitative estimate of drug-likeness (QED) is 0.552. The first-order valence-corrected chi connectivity index (χ1v) is 6.03. The van der Waals surface area contributed by atoms with Gasteiger partial charge in [-0.25, -0.2) is 0 Å². The van der Waals surface area contributed by atoms with Crippen LogP contribution in [0.1, 0.15) is 52.4 Å². The zero-order valence-corrected chi connectivity index (χ0v) is 9.80. The first kappa shape index (κ1) is 13.9. The average Bonchev–Trinajstić information content (AvgIpc) is 2.18. The summed E-state index contributed by atoms with van der Waals surface area (Å²) in [5.41, 5.74) is 0. The second kappa shape index (κ2) is 11.0. The van der Waals surface area contributed by atoms with E-state index in [0.29, 0.717) is 0 Å². The maximum atomic E-state index is 8.59. The van der Waals surface area contributed by atoms with Crippen molar-refractivity contribution >= 4 is 0 Å². The lowest BCUT2D eigenvalue weighted by Gasteiger charge is -2.15. The van der Waals surface area contributed by atoms with Crippen LogP contribution >= 0.6 is 0 Å². The Kier molecular flexibility index (Phi) is 10.9. The summed E-state index contributed by atoms with van der Waals surface area (Å²) in [4.78, 5) is 0. The molecule has 2 heteroatoms. The number of aliphatic hydroxyl groups is 1.